The fourth-order valence-corrected chi connectivity index (χ4v) is 1.95. The van der Waals surface area contributed by atoms with Crippen molar-refractivity contribution in [3.63, 3.8) is 0 Å². The molecule has 92 valence electrons. The van der Waals surface area contributed by atoms with Gasteiger partial charge in [-0.1, -0.05) is 40.2 Å². The smallest absolute Gasteiger partial charge is 0.251 e. The number of carbonyl (C=O) groups excluding carboxylic acids is 1. The van der Waals surface area contributed by atoms with Crippen LogP contribution in [-0.4, -0.2) is 5.91 Å². The minimum absolute atomic E-state index is 0.179. The van der Waals surface area contributed by atoms with E-state index in [1.807, 2.05) is 6.07 Å². The lowest BCUT2D eigenvalue weighted by Crippen LogP contribution is -2.23. The van der Waals surface area contributed by atoms with Gasteiger partial charge in [0.15, 0.2) is 0 Å². The second kappa shape index (κ2) is 5.78. The Balaban J connectivity index is 2.03. The number of benzene rings is 2. The van der Waals surface area contributed by atoms with Crippen LogP contribution in [0.5, 0.6) is 0 Å². The highest BCUT2D eigenvalue weighted by Gasteiger charge is 2.07. The summed E-state index contributed by atoms with van der Waals surface area (Å²) in [7, 11) is 0. The molecule has 0 fully saturated rings. The summed E-state index contributed by atoms with van der Waals surface area (Å²) in [5.41, 5.74) is 1.02. The molecule has 2 aromatic rings. The zero-order valence-electron chi connectivity index (χ0n) is 9.49. The fraction of sp³-hybridized carbons (Fsp3) is 0.0714. The molecule has 0 aromatic heterocycles. The van der Waals surface area contributed by atoms with Gasteiger partial charge in [0.25, 0.3) is 5.91 Å². The van der Waals surface area contributed by atoms with Gasteiger partial charge in [0.1, 0.15) is 5.82 Å². The van der Waals surface area contributed by atoms with E-state index in [1.54, 1.807) is 36.4 Å². The molecule has 0 atom stereocenters. The lowest BCUT2D eigenvalue weighted by molar-refractivity contribution is 0.0950. The van der Waals surface area contributed by atoms with Crippen LogP contribution in [0.1, 0.15) is 15.9 Å². The van der Waals surface area contributed by atoms with Crippen LogP contribution in [0.15, 0.2) is 53.0 Å². The monoisotopic (exact) mass is 307 g/mol. The van der Waals surface area contributed by atoms with Gasteiger partial charge >= 0.3 is 0 Å². The highest BCUT2D eigenvalue weighted by molar-refractivity contribution is 9.10. The molecule has 0 bridgehead atoms. The number of halogens is 2. The van der Waals surface area contributed by atoms with Gasteiger partial charge in [0, 0.05) is 22.1 Å². The molecule has 18 heavy (non-hydrogen) atoms. The van der Waals surface area contributed by atoms with Gasteiger partial charge in [-0.05, 0) is 24.3 Å². The van der Waals surface area contributed by atoms with Crippen molar-refractivity contribution < 1.29 is 9.18 Å². The third kappa shape index (κ3) is 3.17. The molecule has 0 saturated heterocycles. The van der Waals surface area contributed by atoms with Gasteiger partial charge in [0.05, 0.1) is 0 Å². The maximum absolute atomic E-state index is 13.3. The minimum Gasteiger partial charge on any atom is -0.348 e. The van der Waals surface area contributed by atoms with Crippen LogP contribution in [0.2, 0.25) is 0 Å². The van der Waals surface area contributed by atoms with E-state index in [1.165, 1.54) is 6.07 Å². The summed E-state index contributed by atoms with van der Waals surface area (Å²) >= 11 is 3.30. The second-order valence-corrected chi connectivity index (χ2v) is 4.70. The first-order valence-electron chi connectivity index (χ1n) is 5.44. The molecule has 0 heterocycles. The SMILES string of the molecule is O=C(NCc1ccccc1F)c1cccc(Br)c1. The van der Waals surface area contributed by atoms with Crippen molar-refractivity contribution in [2.24, 2.45) is 0 Å². The van der Waals surface area contributed by atoms with Crippen molar-refractivity contribution in [3.05, 3.63) is 69.9 Å². The van der Waals surface area contributed by atoms with Gasteiger partial charge < -0.3 is 5.32 Å². The number of hydrogen-bond donors (Lipinski definition) is 1. The molecular weight excluding hydrogens is 297 g/mol. The summed E-state index contributed by atoms with van der Waals surface area (Å²) in [5.74, 6) is -0.536. The Hall–Kier alpha value is -1.68. The summed E-state index contributed by atoms with van der Waals surface area (Å²) in [5, 5.41) is 2.68. The van der Waals surface area contributed by atoms with E-state index in [-0.39, 0.29) is 18.3 Å². The van der Waals surface area contributed by atoms with Gasteiger partial charge in [0.2, 0.25) is 0 Å². The number of hydrogen-bond acceptors (Lipinski definition) is 1. The lowest BCUT2D eigenvalue weighted by atomic mass is 10.2. The Labute approximate surface area is 113 Å². The molecule has 0 aliphatic heterocycles. The van der Waals surface area contributed by atoms with Crippen molar-refractivity contribution in [2.45, 2.75) is 6.54 Å². The summed E-state index contributed by atoms with van der Waals surface area (Å²) in [6, 6.07) is 13.4. The molecule has 0 aliphatic rings. The molecule has 0 saturated carbocycles. The van der Waals surface area contributed by atoms with Crippen molar-refractivity contribution in [2.75, 3.05) is 0 Å². The Morgan fingerprint density at radius 1 is 1.17 bits per heavy atom. The standard InChI is InChI=1S/C14H11BrFNO/c15-12-6-3-5-10(8-12)14(18)17-9-11-4-1-2-7-13(11)16/h1-8H,9H2,(H,17,18). The maximum atomic E-state index is 13.3. The van der Waals surface area contributed by atoms with E-state index < -0.39 is 0 Å². The zero-order chi connectivity index (χ0) is 13.0. The first kappa shape index (κ1) is 12.8. The molecule has 2 nitrogen and oxygen atoms in total. The van der Waals surface area contributed by atoms with Crippen LogP contribution in [0.25, 0.3) is 0 Å². The Morgan fingerprint density at radius 3 is 2.67 bits per heavy atom. The largest absolute Gasteiger partial charge is 0.348 e. The summed E-state index contributed by atoms with van der Waals surface area (Å²) in [6.45, 7) is 0.179. The Morgan fingerprint density at radius 2 is 1.94 bits per heavy atom. The highest BCUT2D eigenvalue weighted by atomic mass is 79.9. The van der Waals surface area contributed by atoms with Gasteiger partial charge in [-0.3, -0.25) is 4.79 Å². The molecule has 0 unspecified atom stereocenters. The lowest BCUT2D eigenvalue weighted by Gasteiger charge is -2.06. The van der Waals surface area contributed by atoms with Crippen LogP contribution in [-0.2, 0) is 6.54 Å². The average molecular weight is 308 g/mol. The summed E-state index contributed by atoms with van der Waals surface area (Å²) in [6.07, 6.45) is 0. The van der Waals surface area contributed by atoms with Crippen LogP contribution in [0.4, 0.5) is 4.39 Å². The predicted molar refractivity (Wildman–Crippen MR) is 71.7 cm³/mol. The van der Waals surface area contributed by atoms with Gasteiger partial charge in [-0.15, -0.1) is 0 Å². The average Bonchev–Trinajstić information content (AvgIpc) is 2.37. The minimum atomic E-state index is -0.313. The first-order chi connectivity index (χ1) is 8.66. The molecule has 1 N–H and O–H groups in total. The number of nitrogens with one attached hydrogen (secondary N) is 1. The fourth-order valence-electron chi connectivity index (χ4n) is 1.55. The maximum Gasteiger partial charge on any atom is 0.251 e. The van der Waals surface area contributed by atoms with E-state index in [9.17, 15) is 9.18 Å². The van der Waals surface area contributed by atoms with Crippen LogP contribution >= 0.6 is 15.9 Å². The van der Waals surface area contributed by atoms with Crippen LogP contribution in [0, 0.1) is 5.82 Å². The molecular formula is C14H11BrFNO. The molecule has 0 spiro atoms. The Bertz CT molecular complexity index is 571. The Kier molecular flexibility index (Phi) is 4.10. The summed E-state index contributed by atoms with van der Waals surface area (Å²) in [4.78, 5) is 11.8. The van der Waals surface area contributed by atoms with Crippen LogP contribution < -0.4 is 5.32 Å². The van der Waals surface area contributed by atoms with Crippen molar-refractivity contribution in [1.29, 1.82) is 0 Å². The van der Waals surface area contributed by atoms with E-state index in [0.717, 1.165) is 4.47 Å². The van der Waals surface area contributed by atoms with E-state index in [0.29, 0.717) is 11.1 Å². The molecule has 2 aromatic carbocycles. The third-order valence-corrected chi connectivity index (χ3v) is 2.98. The topological polar surface area (TPSA) is 29.1 Å². The second-order valence-electron chi connectivity index (χ2n) is 3.78. The molecule has 1 amide bonds. The molecule has 0 aliphatic carbocycles. The van der Waals surface area contributed by atoms with Crippen molar-refractivity contribution in [3.8, 4) is 0 Å². The first-order valence-corrected chi connectivity index (χ1v) is 6.23. The van der Waals surface area contributed by atoms with E-state index in [4.69, 9.17) is 0 Å². The van der Waals surface area contributed by atoms with Crippen molar-refractivity contribution >= 4 is 21.8 Å². The zero-order valence-corrected chi connectivity index (χ0v) is 11.1. The predicted octanol–water partition coefficient (Wildman–Crippen LogP) is 3.52. The molecule has 4 heteroatoms. The molecule has 0 radical (unpaired) electrons. The summed E-state index contributed by atoms with van der Waals surface area (Å²) < 4.78 is 14.2. The highest BCUT2D eigenvalue weighted by Crippen LogP contribution is 2.12. The number of rotatable bonds is 3. The quantitative estimate of drug-likeness (QED) is 0.923. The van der Waals surface area contributed by atoms with E-state index in [2.05, 4.69) is 21.2 Å². The third-order valence-electron chi connectivity index (χ3n) is 2.48. The number of carbonyl (C=O) groups is 1. The van der Waals surface area contributed by atoms with Crippen molar-refractivity contribution in [1.82, 2.24) is 5.32 Å². The number of amides is 1. The van der Waals surface area contributed by atoms with E-state index >= 15 is 0 Å². The van der Waals surface area contributed by atoms with Crippen LogP contribution in [0.3, 0.4) is 0 Å². The van der Waals surface area contributed by atoms with Gasteiger partial charge in [-0.2, -0.15) is 0 Å². The van der Waals surface area contributed by atoms with Gasteiger partial charge in [-0.25, -0.2) is 4.39 Å². The normalized spacial score (nSPS) is 10.1. The molecule has 2 rings (SSSR count).